The maximum absolute atomic E-state index is 12.7. The molecule has 0 aliphatic carbocycles. The van der Waals surface area contributed by atoms with Crippen LogP contribution in [0.5, 0.6) is 28.7 Å². The average molecular weight is 501 g/mol. The first-order valence-corrected chi connectivity index (χ1v) is 11.8. The maximum atomic E-state index is 12.7. The highest BCUT2D eigenvalue weighted by Gasteiger charge is 2.32. The van der Waals surface area contributed by atoms with Crippen LogP contribution in [0.3, 0.4) is 0 Å². The standard InChI is InChI=1S/C29H28N2O6/c1-5-18-6-9-20(10-7-18)35-17(2)29(32)36-21-11-12-22-25(15-21)37-28(31)23(16-30)27(22)19-8-13-24(33-3)26(14-19)34-4/h6-15,17,27H,5,31H2,1-4H3. The summed E-state index contributed by atoms with van der Waals surface area (Å²) in [5.41, 5.74) is 9.02. The van der Waals surface area contributed by atoms with E-state index in [9.17, 15) is 10.1 Å². The van der Waals surface area contributed by atoms with Crippen LogP contribution in [0.4, 0.5) is 0 Å². The van der Waals surface area contributed by atoms with Gasteiger partial charge in [0, 0.05) is 11.6 Å². The number of nitrogens with zero attached hydrogens (tertiary/aromatic N) is 1. The molecule has 1 aliphatic heterocycles. The molecule has 3 aromatic rings. The molecule has 8 heteroatoms. The van der Waals surface area contributed by atoms with Crippen molar-refractivity contribution in [1.82, 2.24) is 0 Å². The van der Waals surface area contributed by atoms with Crippen molar-refractivity contribution < 1.29 is 28.5 Å². The number of carbonyl (C=O) groups is 1. The molecule has 0 amide bonds. The van der Waals surface area contributed by atoms with Crippen molar-refractivity contribution in [1.29, 1.82) is 5.26 Å². The fraction of sp³-hybridized carbons (Fsp3) is 0.241. The van der Waals surface area contributed by atoms with Gasteiger partial charge in [0.05, 0.1) is 20.1 Å². The summed E-state index contributed by atoms with van der Waals surface area (Å²) in [6.07, 6.45) is 0.0832. The SMILES string of the molecule is CCc1ccc(OC(C)C(=O)Oc2ccc3c(c2)OC(N)=C(C#N)C3c2ccc(OC)c(OC)c2)cc1. The van der Waals surface area contributed by atoms with Crippen LogP contribution < -0.4 is 29.4 Å². The number of nitrogens with two attached hydrogens (primary N) is 1. The van der Waals surface area contributed by atoms with Gasteiger partial charge in [-0.3, -0.25) is 0 Å². The Morgan fingerprint density at radius 2 is 1.73 bits per heavy atom. The Labute approximate surface area is 215 Å². The number of methoxy groups -OCH3 is 2. The first kappa shape index (κ1) is 25.5. The van der Waals surface area contributed by atoms with E-state index in [-0.39, 0.29) is 17.2 Å². The summed E-state index contributed by atoms with van der Waals surface area (Å²) in [7, 11) is 3.09. The fourth-order valence-corrected chi connectivity index (χ4v) is 4.13. The minimum Gasteiger partial charge on any atom is -0.493 e. The number of fused-ring (bicyclic) bond motifs is 1. The molecule has 1 heterocycles. The number of esters is 1. The second kappa shape index (κ2) is 11.0. The van der Waals surface area contributed by atoms with E-state index >= 15 is 0 Å². The van der Waals surface area contributed by atoms with Crippen molar-refractivity contribution in [2.24, 2.45) is 5.73 Å². The molecule has 0 bridgehead atoms. The van der Waals surface area contributed by atoms with Gasteiger partial charge in [-0.15, -0.1) is 0 Å². The van der Waals surface area contributed by atoms with Gasteiger partial charge in [0.15, 0.2) is 17.6 Å². The molecule has 0 saturated carbocycles. The molecule has 190 valence electrons. The number of hydrogen-bond donors (Lipinski definition) is 1. The van der Waals surface area contributed by atoms with Gasteiger partial charge < -0.3 is 29.4 Å². The number of ether oxygens (including phenoxy) is 5. The molecular formula is C29H28N2O6. The molecule has 4 rings (SSSR count). The van der Waals surface area contributed by atoms with Crippen LogP contribution >= 0.6 is 0 Å². The fourth-order valence-electron chi connectivity index (χ4n) is 4.13. The van der Waals surface area contributed by atoms with Crippen LogP contribution in [0.25, 0.3) is 0 Å². The maximum Gasteiger partial charge on any atom is 0.352 e. The molecule has 2 N–H and O–H groups in total. The molecule has 0 spiro atoms. The highest BCUT2D eigenvalue weighted by Crippen LogP contribution is 2.45. The zero-order valence-electron chi connectivity index (χ0n) is 21.1. The summed E-state index contributed by atoms with van der Waals surface area (Å²) in [5.74, 6) is 1.21. The van der Waals surface area contributed by atoms with Gasteiger partial charge in [0.25, 0.3) is 0 Å². The van der Waals surface area contributed by atoms with E-state index in [0.717, 1.165) is 12.0 Å². The lowest BCUT2D eigenvalue weighted by Crippen LogP contribution is -2.28. The Morgan fingerprint density at radius 1 is 1.03 bits per heavy atom. The normalized spacial score (nSPS) is 15.1. The Hall–Kier alpha value is -4.64. The Morgan fingerprint density at radius 3 is 2.38 bits per heavy atom. The van der Waals surface area contributed by atoms with Gasteiger partial charge >= 0.3 is 5.97 Å². The van der Waals surface area contributed by atoms with Crippen molar-refractivity contribution in [2.75, 3.05) is 14.2 Å². The monoisotopic (exact) mass is 500 g/mol. The van der Waals surface area contributed by atoms with Crippen molar-refractivity contribution in [3.63, 3.8) is 0 Å². The molecule has 2 unspecified atom stereocenters. The minimum absolute atomic E-state index is 0.0227. The van der Waals surface area contributed by atoms with Crippen LogP contribution in [0.2, 0.25) is 0 Å². The van der Waals surface area contributed by atoms with Crippen LogP contribution in [0, 0.1) is 11.3 Å². The Bertz CT molecular complexity index is 1370. The number of aryl methyl sites for hydroxylation is 1. The van der Waals surface area contributed by atoms with Gasteiger partial charge in [-0.25, -0.2) is 4.79 Å². The van der Waals surface area contributed by atoms with Crippen LogP contribution in [-0.2, 0) is 11.2 Å². The second-order valence-corrected chi connectivity index (χ2v) is 8.42. The van der Waals surface area contributed by atoms with E-state index in [1.807, 2.05) is 30.3 Å². The molecule has 0 fully saturated rings. The lowest BCUT2D eigenvalue weighted by atomic mass is 9.83. The summed E-state index contributed by atoms with van der Waals surface area (Å²) < 4.78 is 27.8. The van der Waals surface area contributed by atoms with Gasteiger partial charge in [-0.1, -0.05) is 31.2 Å². The molecule has 0 aromatic heterocycles. The first-order valence-electron chi connectivity index (χ1n) is 11.8. The highest BCUT2D eigenvalue weighted by atomic mass is 16.6. The van der Waals surface area contributed by atoms with Crippen molar-refractivity contribution >= 4 is 5.97 Å². The largest absolute Gasteiger partial charge is 0.493 e. The van der Waals surface area contributed by atoms with Crippen molar-refractivity contribution in [2.45, 2.75) is 32.3 Å². The number of hydrogen-bond acceptors (Lipinski definition) is 8. The van der Waals surface area contributed by atoms with E-state index in [1.165, 1.54) is 5.56 Å². The lowest BCUT2D eigenvalue weighted by Gasteiger charge is -2.27. The molecule has 2 atom stereocenters. The third-order valence-electron chi connectivity index (χ3n) is 6.13. The minimum atomic E-state index is -0.834. The molecular weight excluding hydrogens is 472 g/mol. The van der Waals surface area contributed by atoms with Gasteiger partial charge in [0.1, 0.15) is 28.9 Å². The third-order valence-corrected chi connectivity index (χ3v) is 6.13. The van der Waals surface area contributed by atoms with Gasteiger partial charge in [0.2, 0.25) is 5.88 Å². The zero-order valence-corrected chi connectivity index (χ0v) is 21.1. The number of nitriles is 1. The molecule has 0 radical (unpaired) electrons. The lowest BCUT2D eigenvalue weighted by molar-refractivity contribution is -0.141. The molecule has 8 nitrogen and oxygen atoms in total. The Kier molecular flexibility index (Phi) is 7.54. The first-order chi connectivity index (χ1) is 17.9. The Balaban J connectivity index is 1.58. The van der Waals surface area contributed by atoms with Gasteiger partial charge in [-0.2, -0.15) is 5.26 Å². The number of carbonyl (C=O) groups excluding carboxylic acids is 1. The van der Waals surface area contributed by atoms with E-state index in [2.05, 4.69) is 13.0 Å². The van der Waals surface area contributed by atoms with Crippen molar-refractivity contribution in [3.8, 4) is 34.8 Å². The molecule has 37 heavy (non-hydrogen) atoms. The third kappa shape index (κ3) is 5.31. The average Bonchev–Trinajstić information content (AvgIpc) is 2.92. The quantitative estimate of drug-likeness (QED) is 0.345. The molecule has 1 aliphatic rings. The van der Waals surface area contributed by atoms with Crippen molar-refractivity contribution in [3.05, 3.63) is 88.8 Å². The van der Waals surface area contributed by atoms with Crippen LogP contribution in [-0.4, -0.2) is 26.3 Å². The predicted molar refractivity (Wildman–Crippen MR) is 137 cm³/mol. The number of rotatable bonds is 8. The van der Waals surface area contributed by atoms with E-state index in [0.29, 0.717) is 28.6 Å². The van der Waals surface area contributed by atoms with Gasteiger partial charge in [-0.05, 0) is 54.8 Å². The van der Waals surface area contributed by atoms with E-state index < -0.39 is 18.0 Å². The summed E-state index contributed by atoms with van der Waals surface area (Å²) in [4.78, 5) is 12.7. The predicted octanol–water partition coefficient (Wildman–Crippen LogP) is 4.86. The van der Waals surface area contributed by atoms with E-state index in [4.69, 9.17) is 29.4 Å². The summed E-state index contributed by atoms with van der Waals surface area (Å²) in [6.45, 7) is 3.69. The second-order valence-electron chi connectivity index (χ2n) is 8.42. The summed E-state index contributed by atoms with van der Waals surface area (Å²) >= 11 is 0. The van der Waals surface area contributed by atoms with E-state index in [1.54, 1.807) is 51.5 Å². The topological polar surface area (TPSA) is 113 Å². The number of benzene rings is 3. The summed E-state index contributed by atoms with van der Waals surface area (Å²) in [6, 6.07) is 20.1. The molecule has 0 saturated heterocycles. The smallest absolute Gasteiger partial charge is 0.352 e. The van der Waals surface area contributed by atoms with Crippen LogP contribution in [0.1, 0.15) is 36.5 Å². The number of allylic oxidation sites excluding steroid dienone is 1. The summed E-state index contributed by atoms with van der Waals surface area (Å²) in [5, 5.41) is 9.82. The molecule has 3 aromatic carbocycles. The zero-order chi connectivity index (χ0) is 26.5. The highest BCUT2D eigenvalue weighted by molar-refractivity contribution is 5.77. The van der Waals surface area contributed by atoms with Crippen LogP contribution in [0.15, 0.2) is 72.1 Å².